The summed E-state index contributed by atoms with van der Waals surface area (Å²) >= 11 is 0. The molecular weight excluding hydrogens is 382 g/mol. The fourth-order valence-corrected chi connectivity index (χ4v) is 4.34. The van der Waals surface area contributed by atoms with Gasteiger partial charge in [0.25, 0.3) is 5.91 Å². The number of ether oxygens (including phenoxy) is 1. The smallest absolute Gasteiger partial charge is 0.255 e. The Bertz CT molecular complexity index is 1060. The van der Waals surface area contributed by atoms with Crippen LogP contribution in [0.1, 0.15) is 46.9 Å². The molecule has 3 aromatic rings. The Balaban J connectivity index is 1.27. The van der Waals surface area contributed by atoms with Gasteiger partial charge in [0.2, 0.25) is 5.95 Å². The highest BCUT2D eigenvalue weighted by molar-refractivity contribution is 6.02. The lowest BCUT2D eigenvalue weighted by atomic mass is 9.96. The topological polar surface area (TPSA) is 97.5 Å². The number of carbonyl (C=O) groups excluding carboxylic acids is 1. The van der Waals surface area contributed by atoms with Crippen molar-refractivity contribution in [3.8, 4) is 0 Å². The van der Waals surface area contributed by atoms with Gasteiger partial charge in [-0.2, -0.15) is 14.8 Å². The Morgan fingerprint density at radius 1 is 1.20 bits per heavy atom. The van der Waals surface area contributed by atoms with Gasteiger partial charge in [0.05, 0.1) is 11.3 Å². The summed E-state index contributed by atoms with van der Waals surface area (Å²) in [5.41, 5.74) is 3.06. The molecule has 2 saturated heterocycles. The summed E-state index contributed by atoms with van der Waals surface area (Å²) in [6.07, 6.45) is 6.36. The molecule has 0 saturated carbocycles. The van der Waals surface area contributed by atoms with E-state index in [9.17, 15) is 4.79 Å². The van der Waals surface area contributed by atoms with Gasteiger partial charge in [0.15, 0.2) is 0 Å². The van der Waals surface area contributed by atoms with Crippen molar-refractivity contribution in [2.75, 3.05) is 31.2 Å². The second kappa shape index (κ2) is 7.98. The van der Waals surface area contributed by atoms with Crippen LogP contribution in [0.25, 0.3) is 5.52 Å². The average Bonchev–Trinajstić information content (AvgIpc) is 3.38. The van der Waals surface area contributed by atoms with E-state index in [1.807, 2.05) is 31.3 Å². The molecule has 0 bridgehead atoms. The summed E-state index contributed by atoms with van der Waals surface area (Å²) in [6, 6.07) is 5.72. The zero-order valence-electron chi connectivity index (χ0n) is 17.0. The first kappa shape index (κ1) is 18.9. The summed E-state index contributed by atoms with van der Waals surface area (Å²) in [5, 5.41) is 11.7. The molecule has 0 radical (unpaired) electrons. The molecule has 1 N–H and O–H groups in total. The van der Waals surface area contributed by atoms with Gasteiger partial charge in [0, 0.05) is 56.4 Å². The molecule has 156 valence electrons. The number of aryl methyl sites for hydroxylation is 1. The van der Waals surface area contributed by atoms with Crippen molar-refractivity contribution in [2.45, 2.75) is 38.1 Å². The number of fused-ring (bicyclic) bond motifs is 1. The van der Waals surface area contributed by atoms with E-state index in [-0.39, 0.29) is 11.9 Å². The van der Waals surface area contributed by atoms with Crippen LogP contribution >= 0.6 is 0 Å². The van der Waals surface area contributed by atoms with E-state index in [1.165, 1.54) is 4.63 Å². The molecule has 0 aliphatic carbocycles. The number of anilines is 1. The van der Waals surface area contributed by atoms with Gasteiger partial charge in [-0.25, -0.2) is 9.97 Å². The van der Waals surface area contributed by atoms with E-state index in [0.717, 1.165) is 56.2 Å². The van der Waals surface area contributed by atoms with E-state index >= 15 is 0 Å². The minimum absolute atomic E-state index is 0.0406. The van der Waals surface area contributed by atoms with Gasteiger partial charge in [-0.05, 0) is 44.4 Å². The second-order valence-electron chi connectivity index (χ2n) is 7.93. The zero-order valence-corrected chi connectivity index (χ0v) is 17.0. The molecule has 30 heavy (non-hydrogen) atoms. The third-order valence-electron chi connectivity index (χ3n) is 5.93. The minimum atomic E-state index is -0.112. The van der Waals surface area contributed by atoms with Crippen molar-refractivity contribution in [1.82, 2.24) is 30.1 Å². The van der Waals surface area contributed by atoms with Gasteiger partial charge in [-0.3, -0.25) is 4.79 Å². The van der Waals surface area contributed by atoms with Crippen molar-refractivity contribution in [1.29, 1.82) is 0 Å². The zero-order chi connectivity index (χ0) is 20.5. The Labute approximate surface area is 174 Å². The van der Waals surface area contributed by atoms with Crippen molar-refractivity contribution in [3.05, 3.63) is 47.5 Å². The highest BCUT2D eigenvalue weighted by Gasteiger charge is 2.28. The number of rotatable bonds is 4. The SMILES string of the molecule is Cc1nn2ncccc2c1C(=O)NC1CCN(c2nccc(C3CCOCC3)n2)C1. The largest absolute Gasteiger partial charge is 0.381 e. The maximum absolute atomic E-state index is 12.9. The molecule has 0 spiro atoms. The molecule has 2 aliphatic heterocycles. The molecular formula is C21H25N7O2. The van der Waals surface area contributed by atoms with Crippen molar-refractivity contribution in [3.63, 3.8) is 0 Å². The van der Waals surface area contributed by atoms with Gasteiger partial charge >= 0.3 is 0 Å². The number of nitrogens with zero attached hydrogens (tertiary/aromatic N) is 6. The highest BCUT2D eigenvalue weighted by atomic mass is 16.5. The Kier molecular flexibility index (Phi) is 5.04. The van der Waals surface area contributed by atoms with E-state index < -0.39 is 0 Å². The Hall–Kier alpha value is -3.07. The van der Waals surface area contributed by atoms with Crippen LogP contribution in [0.5, 0.6) is 0 Å². The predicted octanol–water partition coefficient (Wildman–Crippen LogP) is 1.73. The maximum Gasteiger partial charge on any atom is 0.255 e. The van der Waals surface area contributed by atoms with Crippen LogP contribution in [0.4, 0.5) is 5.95 Å². The van der Waals surface area contributed by atoms with Gasteiger partial charge in [-0.15, -0.1) is 0 Å². The van der Waals surface area contributed by atoms with E-state index in [1.54, 1.807) is 6.20 Å². The van der Waals surface area contributed by atoms with Gasteiger partial charge < -0.3 is 15.0 Å². The molecule has 5 rings (SSSR count). The number of hydrogen-bond acceptors (Lipinski definition) is 7. The highest BCUT2D eigenvalue weighted by Crippen LogP contribution is 2.27. The fraction of sp³-hybridized carbons (Fsp3) is 0.476. The first-order chi connectivity index (χ1) is 14.7. The summed E-state index contributed by atoms with van der Waals surface area (Å²) < 4.78 is 6.96. The Morgan fingerprint density at radius 3 is 2.93 bits per heavy atom. The molecule has 2 fully saturated rings. The lowest BCUT2D eigenvalue weighted by Crippen LogP contribution is -2.37. The third kappa shape index (κ3) is 3.60. The van der Waals surface area contributed by atoms with Crippen LogP contribution in [-0.4, -0.2) is 63.0 Å². The number of aromatic nitrogens is 5. The first-order valence-electron chi connectivity index (χ1n) is 10.5. The molecule has 9 nitrogen and oxygen atoms in total. The number of nitrogens with one attached hydrogen (secondary N) is 1. The summed E-state index contributed by atoms with van der Waals surface area (Å²) in [6.45, 7) is 4.93. The molecule has 3 aromatic heterocycles. The molecule has 1 amide bonds. The predicted molar refractivity (Wildman–Crippen MR) is 111 cm³/mol. The van der Waals surface area contributed by atoms with Crippen LogP contribution in [0.15, 0.2) is 30.6 Å². The molecule has 9 heteroatoms. The van der Waals surface area contributed by atoms with E-state index in [2.05, 4.69) is 25.4 Å². The summed E-state index contributed by atoms with van der Waals surface area (Å²) in [4.78, 5) is 24.4. The van der Waals surface area contributed by atoms with E-state index in [4.69, 9.17) is 9.72 Å². The molecule has 2 aliphatic rings. The summed E-state index contributed by atoms with van der Waals surface area (Å²) in [5.74, 6) is 1.07. The van der Waals surface area contributed by atoms with Crippen LogP contribution in [-0.2, 0) is 4.74 Å². The molecule has 1 unspecified atom stereocenters. The van der Waals surface area contributed by atoms with Crippen molar-refractivity contribution in [2.24, 2.45) is 0 Å². The second-order valence-corrected chi connectivity index (χ2v) is 7.93. The standard InChI is InChI=1S/C21H25N7O2/c1-14-19(18-3-2-8-23-28(18)26-14)20(29)24-16-5-10-27(13-16)21-22-9-4-17(25-21)15-6-11-30-12-7-15/h2-4,8-9,15-16H,5-7,10-13H2,1H3,(H,24,29). The third-order valence-corrected chi connectivity index (χ3v) is 5.93. The number of carbonyl (C=O) groups is 1. The molecule has 0 aromatic carbocycles. The molecule has 1 atom stereocenters. The lowest BCUT2D eigenvalue weighted by Gasteiger charge is -2.23. The van der Waals surface area contributed by atoms with E-state index in [0.29, 0.717) is 23.7 Å². The van der Waals surface area contributed by atoms with Crippen molar-refractivity contribution >= 4 is 17.4 Å². The minimum Gasteiger partial charge on any atom is -0.381 e. The van der Waals surface area contributed by atoms with Crippen molar-refractivity contribution < 1.29 is 9.53 Å². The van der Waals surface area contributed by atoms with Crippen LogP contribution in [0.2, 0.25) is 0 Å². The van der Waals surface area contributed by atoms with Gasteiger partial charge in [0.1, 0.15) is 5.52 Å². The van der Waals surface area contributed by atoms with Gasteiger partial charge in [-0.1, -0.05) is 0 Å². The lowest BCUT2D eigenvalue weighted by molar-refractivity contribution is 0.0845. The normalized spacial score (nSPS) is 20.0. The monoisotopic (exact) mass is 407 g/mol. The first-order valence-corrected chi connectivity index (χ1v) is 10.5. The van der Waals surface area contributed by atoms with Crippen LogP contribution < -0.4 is 10.2 Å². The number of hydrogen-bond donors (Lipinski definition) is 1. The van der Waals surface area contributed by atoms with Crippen LogP contribution in [0, 0.1) is 6.92 Å². The molecule has 5 heterocycles. The summed E-state index contributed by atoms with van der Waals surface area (Å²) in [7, 11) is 0. The number of amides is 1. The maximum atomic E-state index is 12.9. The average molecular weight is 407 g/mol. The quantitative estimate of drug-likeness (QED) is 0.703. The fourth-order valence-electron chi connectivity index (χ4n) is 4.34. The van der Waals surface area contributed by atoms with Crippen LogP contribution in [0.3, 0.4) is 0 Å². The Morgan fingerprint density at radius 2 is 2.07 bits per heavy atom.